The van der Waals surface area contributed by atoms with Gasteiger partial charge in [-0.05, 0) is 24.1 Å². The smallest absolute Gasteiger partial charge is 0.285 e. The summed E-state index contributed by atoms with van der Waals surface area (Å²) in [6.45, 7) is 3.82. The minimum atomic E-state index is -0.396. The molecule has 3 aromatic rings. The summed E-state index contributed by atoms with van der Waals surface area (Å²) >= 11 is 12.5. The first kappa shape index (κ1) is 17.1. The molecule has 0 unspecified atom stereocenters. The molecule has 1 aliphatic heterocycles. The van der Waals surface area contributed by atoms with E-state index >= 15 is 0 Å². The largest absolute Gasteiger partial charge is 0.362 e. The molecule has 26 heavy (non-hydrogen) atoms. The molecule has 0 amide bonds. The molecule has 0 spiro atoms. The number of fused-ring (bicyclic) bond motifs is 1. The minimum Gasteiger partial charge on any atom is -0.362 e. The second kappa shape index (κ2) is 6.74. The van der Waals surface area contributed by atoms with Gasteiger partial charge in [-0.25, -0.2) is 9.78 Å². The number of rotatable bonds is 3. The zero-order valence-corrected chi connectivity index (χ0v) is 15.5. The van der Waals surface area contributed by atoms with Gasteiger partial charge in [0, 0.05) is 18.0 Å². The summed E-state index contributed by atoms with van der Waals surface area (Å²) in [5.74, 6) is 0. The van der Waals surface area contributed by atoms with Crippen LogP contribution in [-0.4, -0.2) is 31.7 Å². The van der Waals surface area contributed by atoms with Gasteiger partial charge in [0.15, 0.2) is 0 Å². The van der Waals surface area contributed by atoms with Crippen molar-refractivity contribution in [1.29, 1.82) is 0 Å². The number of nitrogens with one attached hydrogen (secondary N) is 1. The van der Waals surface area contributed by atoms with Crippen LogP contribution >= 0.6 is 23.2 Å². The number of aryl methyl sites for hydroxylation is 1. The third-order valence-corrected chi connectivity index (χ3v) is 5.24. The molecular weight excluding hydrogens is 375 g/mol. The maximum absolute atomic E-state index is 11.7. The van der Waals surface area contributed by atoms with Gasteiger partial charge in [-0.2, -0.15) is 5.10 Å². The predicted octanol–water partition coefficient (Wildman–Crippen LogP) is 2.59. The summed E-state index contributed by atoms with van der Waals surface area (Å²) in [5, 5.41) is 15.6. The van der Waals surface area contributed by atoms with Crippen molar-refractivity contribution < 1.29 is 0 Å². The van der Waals surface area contributed by atoms with Crippen molar-refractivity contribution in [3.05, 3.63) is 67.3 Å². The van der Waals surface area contributed by atoms with Crippen molar-refractivity contribution in [2.75, 3.05) is 11.4 Å². The molecule has 0 saturated heterocycles. The number of hydrogen-bond acceptors (Lipinski definition) is 5. The van der Waals surface area contributed by atoms with Crippen LogP contribution in [-0.2, 0) is 19.5 Å². The molecule has 4 rings (SSSR count). The average molecular weight is 391 g/mol. The molecule has 0 aliphatic carbocycles. The van der Waals surface area contributed by atoms with Gasteiger partial charge in [0.25, 0.3) is 5.56 Å². The van der Waals surface area contributed by atoms with Crippen molar-refractivity contribution >= 4 is 28.9 Å². The van der Waals surface area contributed by atoms with Crippen LogP contribution in [0.25, 0.3) is 0 Å². The summed E-state index contributed by atoms with van der Waals surface area (Å²) in [4.78, 5) is 13.7. The van der Waals surface area contributed by atoms with Crippen LogP contribution in [0, 0.1) is 6.92 Å². The summed E-state index contributed by atoms with van der Waals surface area (Å²) in [7, 11) is 0. The fraction of sp³-hybridized carbons (Fsp3) is 0.294. The third kappa shape index (κ3) is 3.08. The van der Waals surface area contributed by atoms with Crippen LogP contribution in [0.4, 0.5) is 5.69 Å². The maximum atomic E-state index is 11.7. The van der Waals surface area contributed by atoms with Gasteiger partial charge < -0.3 is 4.90 Å². The van der Waals surface area contributed by atoms with E-state index in [0.29, 0.717) is 25.3 Å². The van der Waals surface area contributed by atoms with E-state index in [2.05, 4.69) is 20.5 Å². The highest BCUT2D eigenvalue weighted by Crippen LogP contribution is 2.27. The number of hydrogen-bond donors (Lipinski definition) is 1. The lowest BCUT2D eigenvalue weighted by Gasteiger charge is -2.28. The first-order valence-corrected chi connectivity index (χ1v) is 8.93. The Labute approximate surface area is 159 Å². The van der Waals surface area contributed by atoms with Crippen molar-refractivity contribution in [2.45, 2.75) is 26.4 Å². The zero-order valence-electron chi connectivity index (χ0n) is 14.0. The number of halogens is 2. The van der Waals surface area contributed by atoms with Crippen LogP contribution in [0.1, 0.15) is 22.5 Å². The minimum absolute atomic E-state index is 0.141. The molecule has 7 nitrogen and oxygen atoms in total. The van der Waals surface area contributed by atoms with E-state index in [-0.39, 0.29) is 5.02 Å². The van der Waals surface area contributed by atoms with E-state index in [4.69, 9.17) is 23.2 Å². The van der Waals surface area contributed by atoms with E-state index in [1.165, 1.54) is 0 Å². The van der Waals surface area contributed by atoms with Gasteiger partial charge >= 0.3 is 0 Å². The Bertz CT molecular complexity index is 1030. The molecule has 3 heterocycles. The van der Waals surface area contributed by atoms with Crippen LogP contribution in [0.15, 0.2) is 29.2 Å². The van der Waals surface area contributed by atoms with E-state index in [9.17, 15) is 4.79 Å². The predicted molar refractivity (Wildman–Crippen MR) is 99.9 cm³/mol. The van der Waals surface area contributed by atoms with Crippen LogP contribution in [0.3, 0.4) is 0 Å². The lowest BCUT2D eigenvalue weighted by atomic mass is 10.1. The van der Waals surface area contributed by atoms with Crippen molar-refractivity contribution in [1.82, 2.24) is 25.2 Å². The Hall–Kier alpha value is -2.38. The second-order valence-corrected chi connectivity index (χ2v) is 7.09. The summed E-state index contributed by atoms with van der Waals surface area (Å²) in [5.41, 5.74) is 4.29. The first-order valence-electron chi connectivity index (χ1n) is 8.17. The maximum Gasteiger partial charge on any atom is 0.285 e. The standard InChI is InChI=1S/C17H16Cl2N6O/c1-10-2-3-11(12(18)6-10)8-25-14-4-5-24(9-13(14)21-23-25)15-7-20-22-17(26)16(15)19/h2-3,6-7H,4-5,8-9H2,1H3,(H,22,26). The molecule has 0 atom stereocenters. The summed E-state index contributed by atoms with van der Waals surface area (Å²) in [6, 6.07) is 6.00. The first-order chi connectivity index (χ1) is 12.5. The van der Waals surface area contributed by atoms with Gasteiger partial charge in [-0.3, -0.25) is 4.79 Å². The third-order valence-electron chi connectivity index (χ3n) is 4.52. The van der Waals surface area contributed by atoms with Gasteiger partial charge in [0.2, 0.25) is 0 Å². The number of benzene rings is 1. The molecule has 134 valence electrons. The molecule has 0 bridgehead atoms. The fourth-order valence-electron chi connectivity index (χ4n) is 3.13. The fourth-order valence-corrected chi connectivity index (χ4v) is 3.64. The molecule has 0 fully saturated rings. The highest BCUT2D eigenvalue weighted by atomic mass is 35.5. The van der Waals surface area contributed by atoms with E-state index in [1.54, 1.807) is 6.20 Å². The topological polar surface area (TPSA) is 79.7 Å². The van der Waals surface area contributed by atoms with Crippen LogP contribution in [0.2, 0.25) is 10.0 Å². The number of nitrogens with zero attached hydrogens (tertiary/aromatic N) is 5. The van der Waals surface area contributed by atoms with Crippen molar-refractivity contribution in [3.8, 4) is 0 Å². The highest BCUT2D eigenvalue weighted by Gasteiger charge is 2.24. The van der Waals surface area contributed by atoms with Crippen molar-refractivity contribution in [3.63, 3.8) is 0 Å². The van der Waals surface area contributed by atoms with E-state index < -0.39 is 5.56 Å². The monoisotopic (exact) mass is 390 g/mol. The number of aromatic amines is 1. The number of aromatic nitrogens is 5. The number of H-pyrrole nitrogens is 1. The Morgan fingerprint density at radius 3 is 2.96 bits per heavy atom. The Morgan fingerprint density at radius 1 is 1.31 bits per heavy atom. The van der Waals surface area contributed by atoms with Gasteiger partial charge in [-0.1, -0.05) is 40.5 Å². The van der Waals surface area contributed by atoms with Crippen LogP contribution in [0.5, 0.6) is 0 Å². The zero-order chi connectivity index (χ0) is 18.3. The molecule has 0 saturated carbocycles. The molecule has 2 aromatic heterocycles. The normalized spacial score (nSPS) is 13.7. The van der Waals surface area contributed by atoms with Crippen molar-refractivity contribution in [2.24, 2.45) is 0 Å². The molecule has 1 aliphatic rings. The Balaban J connectivity index is 1.59. The second-order valence-electron chi connectivity index (χ2n) is 6.31. The summed E-state index contributed by atoms with van der Waals surface area (Å²) in [6.07, 6.45) is 2.31. The quantitative estimate of drug-likeness (QED) is 0.743. The molecule has 1 N–H and O–H groups in total. The Kier molecular flexibility index (Phi) is 4.42. The van der Waals surface area contributed by atoms with Crippen LogP contribution < -0.4 is 10.5 Å². The SMILES string of the molecule is Cc1ccc(Cn2nnc3c2CCN(c2cn[nH]c(=O)c2Cl)C3)c(Cl)c1. The average Bonchev–Trinajstić information content (AvgIpc) is 3.02. The Morgan fingerprint density at radius 2 is 2.15 bits per heavy atom. The number of anilines is 1. The lowest BCUT2D eigenvalue weighted by Crippen LogP contribution is -2.32. The summed E-state index contributed by atoms with van der Waals surface area (Å²) < 4.78 is 1.89. The molecule has 0 radical (unpaired) electrons. The highest BCUT2D eigenvalue weighted by molar-refractivity contribution is 6.33. The van der Waals surface area contributed by atoms with Gasteiger partial charge in [-0.15, -0.1) is 5.10 Å². The molecule has 1 aromatic carbocycles. The lowest BCUT2D eigenvalue weighted by molar-refractivity contribution is 0.606. The van der Waals surface area contributed by atoms with Gasteiger partial charge in [0.1, 0.15) is 10.7 Å². The molecular formula is C17H16Cl2N6O. The molecule has 9 heteroatoms. The van der Waals surface area contributed by atoms with E-state index in [1.807, 2.05) is 34.7 Å². The van der Waals surface area contributed by atoms with E-state index in [0.717, 1.165) is 34.0 Å². The van der Waals surface area contributed by atoms with Gasteiger partial charge in [0.05, 0.1) is 30.7 Å².